The Kier molecular flexibility index (Phi) is 1.50. The molecular weight excluding hydrogens is 159 g/mol. The summed E-state index contributed by atoms with van der Waals surface area (Å²) in [4.78, 5) is 0. The Labute approximate surface area is 68.6 Å². The molecule has 12 heavy (non-hydrogen) atoms. The molecule has 0 unspecified atom stereocenters. The van der Waals surface area contributed by atoms with Crippen LogP contribution in [0.25, 0.3) is 11.0 Å². The van der Waals surface area contributed by atoms with E-state index in [0.29, 0.717) is 16.7 Å². The predicted molar refractivity (Wildman–Crippen MR) is 42.7 cm³/mol. The molecule has 2 rings (SSSR count). The number of rotatable bonds is 1. The van der Waals surface area contributed by atoms with Gasteiger partial charge in [0.25, 0.3) is 0 Å². The van der Waals surface area contributed by atoms with Crippen LogP contribution in [0.2, 0.25) is 0 Å². The summed E-state index contributed by atoms with van der Waals surface area (Å²) in [7, 11) is 1.52. The monoisotopic (exact) mass is 166 g/mol. The first-order chi connectivity index (χ1) is 5.83. The molecule has 0 amide bonds. The van der Waals surface area contributed by atoms with Gasteiger partial charge >= 0.3 is 0 Å². The topological polar surface area (TPSA) is 22.4 Å². The van der Waals surface area contributed by atoms with E-state index in [1.807, 2.05) is 0 Å². The fraction of sp³-hybridized carbons (Fsp3) is 0.111. The molecular formula is C9H7FO2. The van der Waals surface area contributed by atoms with Crippen LogP contribution in [-0.2, 0) is 0 Å². The highest BCUT2D eigenvalue weighted by Gasteiger charge is 2.07. The van der Waals surface area contributed by atoms with E-state index in [2.05, 4.69) is 0 Å². The van der Waals surface area contributed by atoms with Crippen molar-refractivity contribution in [1.29, 1.82) is 0 Å². The first-order valence-corrected chi connectivity index (χ1v) is 3.52. The highest BCUT2D eigenvalue weighted by atomic mass is 19.1. The van der Waals surface area contributed by atoms with Crippen LogP contribution in [0, 0.1) is 5.82 Å². The normalized spacial score (nSPS) is 10.5. The van der Waals surface area contributed by atoms with Crippen LogP contribution in [0.5, 0.6) is 5.75 Å². The third-order valence-corrected chi connectivity index (χ3v) is 1.75. The van der Waals surface area contributed by atoms with Gasteiger partial charge in [-0.25, -0.2) is 4.39 Å². The molecule has 0 saturated heterocycles. The quantitative estimate of drug-likeness (QED) is 0.649. The largest absolute Gasteiger partial charge is 0.493 e. The van der Waals surface area contributed by atoms with Crippen LogP contribution < -0.4 is 4.74 Å². The number of halogens is 1. The van der Waals surface area contributed by atoms with Gasteiger partial charge in [-0.2, -0.15) is 0 Å². The molecule has 0 spiro atoms. The van der Waals surface area contributed by atoms with Crippen molar-refractivity contribution in [2.45, 2.75) is 0 Å². The molecule has 0 bridgehead atoms. The Bertz CT molecular complexity index is 406. The molecule has 1 aromatic carbocycles. The molecule has 0 saturated carbocycles. The van der Waals surface area contributed by atoms with E-state index < -0.39 is 0 Å². The Balaban J connectivity index is 2.82. The minimum absolute atomic E-state index is 0.292. The Morgan fingerprint density at radius 2 is 2.17 bits per heavy atom. The molecule has 1 heterocycles. The zero-order valence-corrected chi connectivity index (χ0v) is 6.50. The van der Waals surface area contributed by atoms with Crippen LogP contribution in [-0.4, -0.2) is 7.11 Å². The van der Waals surface area contributed by atoms with E-state index in [1.54, 1.807) is 12.1 Å². The third kappa shape index (κ3) is 0.863. The van der Waals surface area contributed by atoms with Crippen molar-refractivity contribution >= 4 is 11.0 Å². The SMILES string of the molecule is COc1ccc(F)c2ccoc12. The summed E-state index contributed by atoms with van der Waals surface area (Å²) in [5, 5.41) is 0.453. The van der Waals surface area contributed by atoms with Gasteiger partial charge in [0.05, 0.1) is 18.8 Å². The van der Waals surface area contributed by atoms with Gasteiger partial charge in [-0.1, -0.05) is 0 Å². The minimum atomic E-state index is -0.292. The predicted octanol–water partition coefficient (Wildman–Crippen LogP) is 2.58. The molecule has 62 valence electrons. The first kappa shape index (κ1) is 7.16. The van der Waals surface area contributed by atoms with E-state index in [9.17, 15) is 4.39 Å². The van der Waals surface area contributed by atoms with E-state index in [-0.39, 0.29) is 5.82 Å². The standard InChI is InChI=1S/C9H7FO2/c1-11-8-3-2-7(10)6-4-5-12-9(6)8/h2-5H,1H3. The summed E-state index contributed by atoms with van der Waals surface area (Å²) in [5.41, 5.74) is 0.456. The highest BCUT2D eigenvalue weighted by Crippen LogP contribution is 2.28. The maximum atomic E-state index is 13.0. The Morgan fingerprint density at radius 3 is 2.92 bits per heavy atom. The Morgan fingerprint density at radius 1 is 1.33 bits per heavy atom. The number of methoxy groups -OCH3 is 1. The number of benzene rings is 1. The first-order valence-electron chi connectivity index (χ1n) is 3.52. The maximum absolute atomic E-state index is 13.0. The average molecular weight is 166 g/mol. The van der Waals surface area contributed by atoms with Crippen molar-refractivity contribution in [3.8, 4) is 5.75 Å². The average Bonchev–Trinajstić information content (AvgIpc) is 2.54. The van der Waals surface area contributed by atoms with E-state index in [1.165, 1.54) is 19.4 Å². The third-order valence-electron chi connectivity index (χ3n) is 1.75. The molecule has 2 nitrogen and oxygen atoms in total. The molecule has 1 aromatic heterocycles. The van der Waals surface area contributed by atoms with Gasteiger partial charge in [0, 0.05) is 0 Å². The van der Waals surface area contributed by atoms with E-state index in [4.69, 9.17) is 9.15 Å². The molecule has 0 N–H and O–H groups in total. The lowest BCUT2D eigenvalue weighted by molar-refractivity contribution is 0.409. The second-order valence-electron chi connectivity index (χ2n) is 2.41. The smallest absolute Gasteiger partial charge is 0.178 e. The lowest BCUT2D eigenvalue weighted by atomic mass is 10.2. The van der Waals surface area contributed by atoms with Crippen molar-refractivity contribution in [2.24, 2.45) is 0 Å². The summed E-state index contributed by atoms with van der Waals surface area (Å²) < 4.78 is 23.1. The summed E-state index contributed by atoms with van der Waals surface area (Å²) in [6.07, 6.45) is 1.44. The molecule has 0 atom stereocenters. The highest BCUT2D eigenvalue weighted by molar-refractivity contribution is 5.83. The number of hydrogen-bond donors (Lipinski definition) is 0. The second-order valence-corrected chi connectivity index (χ2v) is 2.41. The fourth-order valence-electron chi connectivity index (χ4n) is 1.16. The fourth-order valence-corrected chi connectivity index (χ4v) is 1.16. The van der Waals surface area contributed by atoms with Gasteiger partial charge in [0.2, 0.25) is 0 Å². The van der Waals surface area contributed by atoms with Crippen molar-refractivity contribution in [1.82, 2.24) is 0 Å². The van der Waals surface area contributed by atoms with Crippen molar-refractivity contribution in [3.63, 3.8) is 0 Å². The number of ether oxygens (including phenoxy) is 1. The van der Waals surface area contributed by atoms with Crippen LogP contribution in [0.3, 0.4) is 0 Å². The van der Waals surface area contributed by atoms with E-state index >= 15 is 0 Å². The van der Waals surface area contributed by atoms with Crippen molar-refractivity contribution in [3.05, 3.63) is 30.3 Å². The van der Waals surface area contributed by atoms with Crippen LogP contribution in [0.1, 0.15) is 0 Å². The second kappa shape index (κ2) is 2.52. The Hall–Kier alpha value is -1.51. The lowest BCUT2D eigenvalue weighted by Crippen LogP contribution is -1.84. The number of furan rings is 1. The molecule has 0 fully saturated rings. The van der Waals surface area contributed by atoms with Crippen LogP contribution in [0.15, 0.2) is 28.9 Å². The molecule has 0 aliphatic carbocycles. The molecule has 0 aliphatic rings. The molecule has 2 aromatic rings. The lowest BCUT2D eigenvalue weighted by Gasteiger charge is -1.99. The molecule has 0 aliphatic heterocycles. The van der Waals surface area contributed by atoms with E-state index in [0.717, 1.165) is 0 Å². The van der Waals surface area contributed by atoms with Gasteiger partial charge in [-0.3, -0.25) is 0 Å². The zero-order chi connectivity index (χ0) is 8.55. The van der Waals surface area contributed by atoms with Gasteiger partial charge in [0.15, 0.2) is 11.3 Å². The van der Waals surface area contributed by atoms with Gasteiger partial charge in [-0.15, -0.1) is 0 Å². The number of hydrogen-bond acceptors (Lipinski definition) is 2. The van der Waals surface area contributed by atoms with Crippen LogP contribution in [0.4, 0.5) is 4.39 Å². The van der Waals surface area contributed by atoms with Gasteiger partial charge < -0.3 is 9.15 Å². The maximum Gasteiger partial charge on any atom is 0.178 e. The minimum Gasteiger partial charge on any atom is -0.493 e. The summed E-state index contributed by atoms with van der Waals surface area (Å²) >= 11 is 0. The molecule has 0 radical (unpaired) electrons. The van der Waals surface area contributed by atoms with Crippen LogP contribution >= 0.6 is 0 Å². The van der Waals surface area contributed by atoms with Gasteiger partial charge in [-0.05, 0) is 18.2 Å². The number of fused-ring (bicyclic) bond motifs is 1. The summed E-state index contributed by atoms with van der Waals surface area (Å²) in [6.45, 7) is 0. The summed E-state index contributed by atoms with van der Waals surface area (Å²) in [5.74, 6) is 0.260. The zero-order valence-electron chi connectivity index (χ0n) is 6.50. The van der Waals surface area contributed by atoms with Crippen molar-refractivity contribution < 1.29 is 13.5 Å². The van der Waals surface area contributed by atoms with Gasteiger partial charge in [0.1, 0.15) is 5.82 Å². The molecule has 3 heteroatoms. The summed E-state index contributed by atoms with van der Waals surface area (Å²) in [6, 6.07) is 4.48. The van der Waals surface area contributed by atoms with Crippen molar-refractivity contribution in [2.75, 3.05) is 7.11 Å².